The highest BCUT2D eigenvalue weighted by molar-refractivity contribution is 9.10. The summed E-state index contributed by atoms with van der Waals surface area (Å²) in [4.78, 5) is -0.590. The number of rotatable bonds is 6. The Morgan fingerprint density at radius 3 is 2.70 bits per heavy atom. The van der Waals surface area contributed by atoms with Crippen molar-refractivity contribution in [1.82, 2.24) is 4.72 Å². The van der Waals surface area contributed by atoms with Gasteiger partial charge in [-0.25, -0.2) is 17.5 Å². The third-order valence-corrected chi connectivity index (χ3v) is 5.13. The molecule has 0 spiro atoms. The van der Waals surface area contributed by atoms with Gasteiger partial charge in [0, 0.05) is 6.54 Å². The van der Waals surface area contributed by atoms with E-state index in [4.69, 9.17) is 22.1 Å². The molecule has 0 aliphatic heterocycles. The molecule has 0 amide bonds. The Bertz CT molecular complexity index is 596. The standard InChI is InChI=1S/C11H15BrClFN2O3S/c1-6(2)19-4-3-16-20(17,18)8-5-7(13)9(12)11(15)10(8)14/h5-6,16H,3-4,15H2,1-2H3. The van der Waals surface area contributed by atoms with Crippen LogP contribution in [0.5, 0.6) is 0 Å². The summed E-state index contributed by atoms with van der Waals surface area (Å²) in [5.41, 5.74) is 5.10. The van der Waals surface area contributed by atoms with Gasteiger partial charge in [0.1, 0.15) is 4.90 Å². The summed E-state index contributed by atoms with van der Waals surface area (Å²) in [7, 11) is -4.04. The van der Waals surface area contributed by atoms with Crippen molar-refractivity contribution in [2.45, 2.75) is 24.8 Å². The SMILES string of the molecule is CC(C)OCCNS(=O)(=O)c1cc(Cl)c(Br)c(N)c1F. The summed E-state index contributed by atoms with van der Waals surface area (Å²) in [6.45, 7) is 3.85. The third kappa shape index (κ3) is 4.29. The normalized spacial score (nSPS) is 12.1. The zero-order valence-electron chi connectivity index (χ0n) is 10.9. The average molecular weight is 390 g/mol. The van der Waals surface area contributed by atoms with E-state index >= 15 is 0 Å². The highest BCUT2D eigenvalue weighted by atomic mass is 79.9. The van der Waals surface area contributed by atoms with Crippen LogP contribution in [0.2, 0.25) is 5.02 Å². The van der Waals surface area contributed by atoms with Crippen LogP contribution in [-0.2, 0) is 14.8 Å². The number of nitrogen functional groups attached to an aromatic ring is 1. The van der Waals surface area contributed by atoms with E-state index < -0.39 is 20.7 Å². The van der Waals surface area contributed by atoms with Crippen LogP contribution in [0, 0.1) is 5.82 Å². The second-order valence-electron chi connectivity index (χ2n) is 4.22. The first-order valence-electron chi connectivity index (χ1n) is 5.71. The molecule has 0 aliphatic rings. The van der Waals surface area contributed by atoms with E-state index in [1.807, 2.05) is 13.8 Å². The molecule has 1 rings (SSSR count). The van der Waals surface area contributed by atoms with E-state index in [-0.39, 0.29) is 34.4 Å². The Kier molecular flexibility index (Phi) is 6.21. The van der Waals surface area contributed by atoms with Gasteiger partial charge in [0.15, 0.2) is 5.82 Å². The van der Waals surface area contributed by atoms with Crippen molar-refractivity contribution >= 4 is 43.2 Å². The Balaban J connectivity index is 2.94. The van der Waals surface area contributed by atoms with Crippen LogP contribution in [0.1, 0.15) is 13.8 Å². The second kappa shape index (κ2) is 7.04. The van der Waals surface area contributed by atoms with Crippen molar-refractivity contribution in [3.8, 4) is 0 Å². The predicted octanol–water partition coefficient (Wildman–Crippen LogP) is 2.53. The average Bonchev–Trinajstić information content (AvgIpc) is 2.36. The first-order chi connectivity index (χ1) is 9.16. The van der Waals surface area contributed by atoms with Gasteiger partial charge in [-0.3, -0.25) is 0 Å². The molecule has 0 saturated heterocycles. The first-order valence-corrected chi connectivity index (χ1v) is 8.36. The lowest BCUT2D eigenvalue weighted by atomic mass is 10.3. The van der Waals surface area contributed by atoms with Crippen LogP contribution in [0.15, 0.2) is 15.4 Å². The highest BCUT2D eigenvalue weighted by Gasteiger charge is 2.23. The Hall–Kier alpha value is -0.410. The van der Waals surface area contributed by atoms with Gasteiger partial charge in [-0.15, -0.1) is 0 Å². The molecule has 20 heavy (non-hydrogen) atoms. The third-order valence-electron chi connectivity index (χ3n) is 2.29. The van der Waals surface area contributed by atoms with Gasteiger partial charge in [0.2, 0.25) is 10.0 Å². The van der Waals surface area contributed by atoms with Crippen LogP contribution in [0.25, 0.3) is 0 Å². The van der Waals surface area contributed by atoms with Crippen molar-refractivity contribution in [3.05, 3.63) is 21.4 Å². The van der Waals surface area contributed by atoms with Gasteiger partial charge in [-0.2, -0.15) is 0 Å². The minimum Gasteiger partial charge on any atom is -0.395 e. The minimum absolute atomic E-state index is 0.0164. The van der Waals surface area contributed by atoms with Gasteiger partial charge in [-0.05, 0) is 35.8 Å². The predicted molar refractivity (Wildman–Crippen MR) is 79.8 cm³/mol. The van der Waals surface area contributed by atoms with E-state index in [9.17, 15) is 12.8 Å². The summed E-state index contributed by atoms with van der Waals surface area (Å²) in [5.74, 6) is -1.04. The smallest absolute Gasteiger partial charge is 0.243 e. The van der Waals surface area contributed by atoms with E-state index in [1.165, 1.54) is 0 Å². The monoisotopic (exact) mass is 388 g/mol. The van der Waals surface area contributed by atoms with Crippen molar-refractivity contribution < 1.29 is 17.5 Å². The van der Waals surface area contributed by atoms with E-state index in [1.54, 1.807) is 0 Å². The number of ether oxygens (including phenoxy) is 1. The molecule has 0 radical (unpaired) electrons. The van der Waals surface area contributed by atoms with Gasteiger partial charge in [0.05, 0.1) is 27.9 Å². The second-order valence-corrected chi connectivity index (χ2v) is 7.15. The zero-order chi connectivity index (χ0) is 15.5. The lowest BCUT2D eigenvalue weighted by Gasteiger charge is -2.12. The summed E-state index contributed by atoms with van der Waals surface area (Å²) in [6, 6.07) is 1.00. The van der Waals surface area contributed by atoms with Crippen molar-refractivity contribution in [2.75, 3.05) is 18.9 Å². The molecule has 0 aliphatic carbocycles. The fourth-order valence-electron chi connectivity index (χ4n) is 1.34. The minimum atomic E-state index is -4.04. The van der Waals surface area contributed by atoms with Gasteiger partial charge >= 0.3 is 0 Å². The van der Waals surface area contributed by atoms with Gasteiger partial charge in [-0.1, -0.05) is 11.6 Å². The van der Waals surface area contributed by atoms with Crippen LogP contribution in [0.3, 0.4) is 0 Å². The highest BCUT2D eigenvalue weighted by Crippen LogP contribution is 2.34. The Labute approximate surface area is 130 Å². The van der Waals surface area contributed by atoms with Crippen molar-refractivity contribution in [1.29, 1.82) is 0 Å². The van der Waals surface area contributed by atoms with E-state index in [2.05, 4.69) is 20.7 Å². The van der Waals surface area contributed by atoms with Crippen LogP contribution in [-0.4, -0.2) is 27.7 Å². The van der Waals surface area contributed by atoms with Gasteiger partial charge in [0.25, 0.3) is 0 Å². The molecule has 9 heteroatoms. The summed E-state index contributed by atoms with van der Waals surface area (Å²) >= 11 is 8.77. The lowest BCUT2D eigenvalue weighted by molar-refractivity contribution is 0.0834. The molecule has 3 N–H and O–H groups in total. The number of nitrogens with two attached hydrogens (primary N) is 1. The molecule has 114 valence electrons. The quantitative estimate of drug-likeness (QED) is 0.445. The fourth-order valence-corrected chi connectivity index (χ4v) is 3.03. The van der Waals surface area contributed by atoms with Crippen molar-refractivity contribution in [2.24, 2.45) is 0 Å². The molecule has 1 aromatic carbocycles. The summed E-state index contributed by atoms with van der Waals surface area (Å²) < 4.78 is 45.4. The molecule has 0 bridgehead atoms. The van der Waals surface area contributed by atoms with Crippen LogP contribution >= 0.6 is 27.5 Å². The molecule has 0 unspecified atom stereocenters. The number of hydrogen-bond donors (Lipinski definition) is 2. The number of benzene rings is 1. The Morgan fingerprint density at radius 1 is 1.55 bits per heavy atom. The first kappa shape index (κ1) is 17.6. The molecule has 0 atom stereocenters. The molecular formula is C11H15BrClFN2O3S. The lowest BCUT2D eigenvalue weighted by Crippen LogP contribution is -2.29. The molecule has 5 nitrogen and oxygen atoms in total. The largest absolute Gasteiger partial charge is 0.395 e. The maximum Gasteiger partial charge on any atom is 0.243 e. The molecule has 1 aromatic rings. The molecule has 0 heterocycles. The number of nitrogens with one attached hydrogen (secondary N) is 1. The van der Waals surface area contributed by atoms with Crippen LogP contribution in [0.4, 0.5) is 10.1 Å². The zero-order valence-corrected chi connectivity index (χ0v) is 14.1. The number of sulfonamides is 1. The molecular weight excluding hydrogens is 375 g/mol. The molecule has 0 aromatic heterocycles. The van der Waals surface area contributed by atoms with E-state index in [0.717, 1.165) is 6.07 Å². The maximum atomic E-state index is 13.9. The van der Waals surface area contributed by atoms with Crippen molar-refractivity contribution in [3.63, 3.8) is 0 Å². The summed E-state index contributed by atoms with van der Waals surface area (Å²) in [5, 5.41) is 0.0164. The maximum absolute atomic E-state index is 13.9. The van der Waals surface area contributed by atoms with E-state index in [0.29, 0.717) is 0 Å². The van der Waals surface area contributed by atoms with Gasteiger partial charge < -0.3 is 10.5 Å². The summed E-state index contributed by atoms with van der Waals surface area (Å²) in [6.07, 6.45) is -0.0194. The number of hydrogen-bond acceptors (Lipinski definition) is 4. The Morgan fingerprint density at radius 2 is 2.15 bits per heavy atom. The fraction of sp³-hybridized carbons (Fsp3) is 0.455. The molecule has 0 fully saturated rings. The molecule has 0 saturated carbocycles. The number of halogens is 3. The topological polar surface area (TPSA) is 81.4 Å². The number of anilines is 1. The van der Waals surface area contributed by atoms with Crippen LogP contribution < -0.4 is 10.5 Å².